The molecule has 2 aliphatic heterocycles. The van der Waals surface area contributed by atoms with Gasteiger partial charge in [-0.1, -0.05) is 32.3 Å². The normalized spacial score (nSPS) is 29.8. The van der Waals surface area contributed by atoms with Gasteiger partial charge in [0.05, 0.1) is 17.3 Å². The zero-order valence-corrected chi connectivity index (χ0v) is 19.1. The van der Waals surface area contributed by atoms with E-state index in [1.807, 2.05) is 18.5 Å². The molecule has 1 N–H and O–H groups in total. The van der Waals surface area contributed by atoms with Crippen LogP contribution >= 0.6 is 0 Å². The molecule has 0 bridgehead atoms. The second kappa shape index (κ2) is 9.03. The van der Waals surface area contributed by atoms with Crippen molar-refractivity contribution < 1.29 is 4.74 Å². The average Bonchev–Trinajstić information content (AvgIpc) is 3.46. The first-order valence-electron chi connectivity index (χ1n) is 12.6. The maximum Gasteiger partial charge on any atom is 0.0691 e. The number of ether oxygens (including phenoxy) is 1. The van der Waals surface area contributed by atoms with Gasteiger partial charge in [0.15, 0.2) is 0 Å². The standard InChI is InChI=1S/C26H38N4O/c1-2-7-21-9-10-22(23-11-17-29-30(21)23)27-18-14-25(24-8-3-6-16-28-24)15-19-31-26(20-25)12-4-5-13-26/h3,6,8,11,16-17,21-22,27H,2,4-5,7,9-10,12-15,18-20H2,1H3/t21?,22?,25-/m1/s1. The largest absolute Gasteiger partial charge is 0.375 e. The third-order valence-electron chi connectivity index (χ3n) is 8.18. The number of hydrogen-bond acceptors (Lipinski definition) is 4. The number of nitrogens with zero attached hydrogens (tertiary/aromatic N) is 3. The van der Waals surface area contributed by atoms with Gasteiger partial charge in [0, 0.05) is 36.2 Å². The summed E-state index contributed by atoms with van der Waals surface area (Å²) in [5.74, 6) is 0. The molecule has 5 rings (SSSR count). The van der Waals surface area contributed by atoms with Crippen molar-refractivity contribution in [1.29, 1.82) is 0 Å². The molecule has 0 aromatic carbocycles. The van der Waals surface area contributed by atoms with E-state index in [2.05, 4.69) is 40.2 Å². The van der Waals surface area contributed by atoms with Gasteiger partial charge < -0.3 is 10.1 Å². The van der Waals surface area contributed by atoms with Crippen LogP contribution in [0.1, 0.15) is 101 Å². The van der Waals surface area contributed by atoms with Crippen LogP contribution in [-0.4, -0.2) is 33.5 Å². The van der Waals surface area contributed by atoms with Crippen LogP contribution < -0.4 is 5.32 Å². The van der Waals surface area contributed by atoms with Crippen LogP contribution in [0.5, 0.6) is 0 Å². The highest BCUT2D eigenvalue weighted by atomic mass is 16.5. The van der Waals surface area contributed by atoms with E-state index in [-0.39, 0.29) is 11.0 Å². The number of rotatable bonds is 7. The molecule has 5 nitrogen and oxygen atoms in total. The van der Waals surface area contributed by atoms with E-state index in [1.54, 1.807) is 0 Å². The second-order valence-corrected chi connectivity index (χ2v) is 10.1. The van der Waals surface area contributed by atoms with Crippen LogP contribution in [0.2, 0.25) is 0 Å². The van der Waals surface area contributed by atoms with Crippen LogP contribution in [0.4, 0.5) is 0 Å². The zero-order chi connectivity index (χ0) is 21.2. The monoisotopic (exact) mass is 422 g/mol. The molecule has 0 radical (unpaired) electrons. The number of aromatic nitrogens is 3. The van der Waals surface area contributed by atoms with Crippen molar-refractivity contribution in [3.8, 4) is 0 Å². The van der Waals surface area contributed by atoms with Crippen molar-refractivity contribution in [2.24, 2.45) is 0 Å². The van der Waals surface area contributed by atoms with Crippen LogP contribution in [0.15, 0.2) is 36.7 Å². The lowest BCUT2D eigenvalue weighted by atomic mass is 9.68. The van der Waals surface area contributed by atoms with Crippen LogP contribution in [0, 0.1) is 0 Å². The minimum Gasteiger partial charge on any atom is -0.375 e. The molecule has 3 aliphatic rings. The highest BCUT2D eigenvalue weighted by molar-refractivity contribution is 5.21. The van der Waals surface area contributed by atoms with E-state index in [1.165, 1.54) is 62.8 Å². The third kappa shape index (κ3) is 4.19. The molecular formula is C26H38N4O. The lowest BCUT2D eigenvalue weighted by Crippen LogP contribution is -2.47. The van der Waals surface area contributed by atoms with Gasteiger partial charge in [0.1, 0.15) is 0 Å². The summed E-state index contributed by atoms with van der Waals surface area (Å²) in [6.45, 7) is 4.15. The molecule has 4 heterocycles. The van der Waals surface area contributed by atoms with Crippen molar-refractivity contribution in [3.05, 3.63) is 48.0 Å². The Morgan fingerprint density at radius 2 is 2.03 bits per heavy atom. The predicted molar refractivity (Wildman–Crippen MR) is 123 cm³/mol. The fraction of sp³-hybridized carbons (Fsp3) is 0.692. The SMILES string of the molecule is CCCC1CCC(NCC[C@@]2(c3ccccn3)CCOC3(CCCC3)C2)c2ccnn21. The van der Waals surface area contributed by atoms with E-state index in [0.717, 1.165) is 32.4 Å². The van der Waals surface area contributed by atoms with E-state index in [4.69, 9.17) is 9.72 Å². The molecule has 2 aromatic heterocycles. The minimum absolute atomic E-state index is 0.0899. The first-order valence-corrected chi connectivity index (χ1v) is 12.6. The molecule has 168 valence electrons. The maximum absolute atomic E-state index is 6.41. The van der Waals surface area contributed by atoms with Crippen LogP contribution in [0.25, 0.3) is 0 Å². The van der Waals surface area contributed by atoms with E-state index < -0.39 is 0 Å². The minimum atomic E-state index is 0.0899. The molecule has 0 amide bonds. The van der Waals surface area contributed by atoms with Crippen molar-refractivity contribution in [3.63, 3.8) is 0 Å². The van der Waals surface area contributed by atoms with Gasteiger partial charge in [0.25, 0.3) is 0 Å². The molecule has 2 unspecified atom stereocenters. The predicted octanol–water partition coefficient (Wildman–Crippen LogP) is 5.50. The topological polar surface area (TPSA) is 52.0 Å². The molecule has 1 saturated carbocycles. The average molecular weight is 423 g/mol. The van der Waals surface area contributed by atoms with Crippen molar-refractivity contribution in [2.75, 3.05) is 13.2 Å². The highest BCUT2D eigenvalue weighted by Gasteiger charge is 2.48. The van der Waals surface area contributed by atoms with Gasteiger partial charge in [-0.2, -0.15) is 5.10 Å². The van der Waals surface area contributed by atoms with Crippen LogP contribution in [-0.2, 0) is 10.2 Å². The molecule has 5 heteroatoms. The quantitative estimate of drug-likeness (QED) is 0.640. The summed E-state index contributed by atoms with van der Waals surface area (Å²) in [6.07, 6.45) is 17.2. The van der Waals surface area contributed by atoms with Gasteiger partial charge >= 0.3 is 0 Å². The van der Waals surface area contributed by atoms with Gasteiger partial charge in [-0.05, 0) is 76.1 Å². The Hall–Kier alpha value is -1.72. The summed E-state index contributed by atoms with van der Waals surface area (Å²) in [5, 5.41) is 8.58. The van der Waals surface area contributed by atoms with Gasteiger partial charge in [-0.3, -0.25) is 9.67 Å². The Kier molecular flexibility index (Phi) is 6.16. The third-order valence-corrected chi connectivity index (χ3v) is 8.18. The van der Waals surface area contributed by atoms with E-state index >= 15 is 0 Å². The Morgan fingerprint density at radius 3 is 2.84 bits per heavy atom. The van der Waals surface area contributed by atoms with Crippen molar-refractivity contribution in [1.82, 2.24) is 20.1 Å². The van der Waals surface area contributed by atoms with Gasteiger partial charge in [-0.15, -0.1) is 0 Å². The fourth-order valence-electron chi connectivity index (χ4n) is 6.62. The molecule has 1 saturated heterocycles. The molecule has 31 heavy (non-hydrogen) atoms. The van der Waals surface area contributed by atoms with Crippen molar-refractivity contribution >= 4 is 0 Å². The van der Waals surface area contributed by atoms with E-state index in [9.17, 15) is 0 Å². The molecule has 1 spiro atoms. The first kappa shape index (κ1) is 21.1. The molecular weight excluding hydrogens is 384 g/mol. The smallest absolute Gasteiger partial charge is 0.0691 e. The van der Waals surface area contributed by atoms with Gasteiger partial charge in [0.2, 0.25) is 0 Å². The van der Waals surface area contributed by atoms with E-state index in [0.29, 0.717) is 12.1 Å². The molecule has 2 aromatic rings. The Labute approximate surface area is 187 Å². The Balaban J connectivity index is 1.30. The Bertz CT molecular complexity index is 844. The fourth-order valence-corrected chi connectivity index (χ4v) is 6.62. The summed E-state index contributed by atoms with van der Waals surface area (Å²) in [5.41, 5.74) is 2.85. The summed E-state index contributed by atoms with van der Waals surface area (Å²) in [7, 11) is 0. The second-order valence-electron chi connectivity index (χ2n) is 10.1. The highest BCUT2D eigenvalue weighted by Crippen LogP contribution is 2.49. The Morgan fingerprint density at radius 1 is 1.13 bits per heavy atom. The molecule has 2 fully saturated rings. The number of hydrogen-bond donors (Lipinski definition) is 1. The van der Waals surface area contributed by atoms with Crippen LogP contribution in [0.3, 0.4) is 0 Å². The molecule has 3 atom stereocenters. The summed E-state index contributed by atoms with van der Waals surface area (Å²) in [6, 6.07) is 9.65. The zero-order valence-electron chi connectivity index (χ0n) is 19.1. The lowest BCUT2D eigenvalue weighted by molar-refractivity contribution is -0.104. The number of pyridine rings is 1. The van der Waals surface area contributed by atoms with Gasteiger partial charge in [-0.25, -0.2) is 0 Å². The molecule has 1 aliphatic carbocycles. The lowest BCUT2D eigenvalue weighted by Gasteiger charge is -2.46. The summed E-state index contributed by atoms with van der Waals surface area (Å²) < 4.78 is 8.70. The summed E-state index contributed by atoms with van der Waals surface area (Å²) in [4.78, 5) is 4.86. The summed E-state index contributed by atoms with van der Waals surface area (Å²) >= 11 is 0. The van der Waals surface area contributed by atoms with Crippen molar-refractivity contribution in [2.45, 2.75) is 101 Å². The first-order chi connectivity index (χ1) is 15.2. The maximum atomic E-state index is 6.41. The number of nitrogens with one attached hydrogen (secondary N) is 1. The number of fused-ring (bicyclic) bond motifs is 1.